The number of nitrogens with two attached hydrogens (primary N) is 2. The van der Waals surface area contributed by atoms with Gasteiger partial charge in [0.2, 0.25) is 0 Å². The predicted molar refractivity (Wildman–Crippen MR) is 77.5 cm³/mol. The molecule has 0 aliphatic heterocycles. The fraction of sp³-hybridized carbons (Fsp3) is 0.250. The average Bonchev–Trinajstić information content (AvgIpc) is 2.42. The number of rotatable bonds is 4. The number of hydrogen-bond donors (Lipinski definition) is 2. The molecule has 18 heavy (non-hydrogen) atoms. The van der Waals surface area contributed by atoms with E-state index < -0.39 is 0 Å². The van der Waals surface area contributed by atoms with E-state index in [1.165, 1.54) is 11.1 Å². The predicted octanol–water partition coefficient (Wildman–Crippen LogP) is 3.11. The molecule has 0 spiro atoms. The van der Waals surface area contributed by atoms with Crippen LogP contribution in [0.3, 0.4) is 0 Å². The molecule has 0 aliphatic rings. The van der Waals surface area contributed by atoms with Crippen LogP contribution >= 0.6 is 0 Å². The van der Waals surface area contributed by atoms with E-state index in [9.17, 15) is 0 Å². The summed E-state index contributed by atoms with van der Waals surface area (Å²) in [6, 6.07) is 18.5. The Bertz CT molecular complexity index is 476. The minimum atomic E-state index is 0.327. The molecule has 94 valence electrons. The van der Waals surface area contributed by atoms with Gasteiger partial charge in [-0.25, -0.2) is 0 Å². The van der Waals surface area contributed by atoms with Crippen molar-refractivity contribution in [2.75, 3.05) is 12.3 Å². The first-order valence-electron chi connectivity index (χ1n) is 6.33. The molecule has 0 heterocycles. The zero-order chi connectivity index (χ0) is 13.0. The number of anilines is 1. The van der Waals surface area contributed by atoms with Gasteiger partial charge in [-0.2, -0.15) is 0 Å². The Morgan fingerprint density at radius 2 is 1.50 bits per heavy atom. The third-order valence-corrected chi connectivity index (χ3v) is 3.55. The lowest BCUT2D eigenvalue weighted by atomic mass is 9.83. The summed E-state index contributed by atoms with van der Waals surface area (Å²) in [7, 11) is 0. The fourth-order valence-electron chi connectivity index (χ4n) is 2.36. The van der Waals surface area contributed by atoms with Gasteiger partial charge in [0.25, 0.3) is 0 Å². The van der Waals surface area contributed by atoms with Crippen LogP contribution in [0.15, 0.2) is 54.6 Å². The maximum Gasteiger partial charge on any atom is 0.0314 e. The van der Waals surface area contributed by atoms with Gasteiger partial charge in [-0.3, -0.25) is 0 Å². The molecule has 2 aromatic rings. The summed E-state index contributed by atoms with van der Waals surface area (Å²) in [4.78, 5) is 0. The Hall–Kier alpha value is -1.80. The molecule has 4 N–H and O–H groups in total. The monoisotopic (exact) mass is 240 g/mol. The van der Waals surface area contributed by atoms with E-state index in [-0.39, 0.29) is 0 Å². The molecule has 2 aromatic carbocycles. The van der Waals surface area contributed by atoms with Crippen molar-refractivity contribution in [3.8, 4) is 0 Å². The highest BCUT2D eigenvalue weighted by Crippen LogP contribution is 2.32. The average molecular weight is 240 g/mol. The van der Waals surface area contributed by atoms with Crippen LogP contribution in [-0.2, 0) is 0 Å². The molecule has 2 unspecified atom stereocenters. The summed E-state index contributed by atoms with van der Waals surface area (Å²) in [6.45, 7) is 2.86. The molecule has 0 radical (unpaired) electrons. The van der Waals surface area contributed by atoms with E-state index in [2.05, 4.69) is 43.3 Å². The standard InChI is InChI=1S/C16H20N2/c1-12(13-5-3-2-4-6-13)16(11-17)14-7-9-15(18)10-8-14/h2-10,12,16H,11,17-18H2,1H3. The Morgan fingerprint density at radius 3 is 2.06 bits per heavy atom. The number of nitrogen functional groups attached to an aromatic ring is 1. The second kappa shape index (κ2) is 5.69. The van der Waals surface area contributed by atoms with E-state index in [0.717, 1.165) is 5.69 Å². The third kappa shape index (κ3) is 2.71. The summed E-state index contributed by atoms with van der Waals surface area (Å²) < 4.78 is 0. The van der Waals surface area contributed by atoms with Gasteiger partial charge in [0.05, 0.1) is 0 Å². The van der Waals surface area contributed by atoms with E-state index in [1.807, 2.05) is 18.2 Å². The number of benzene rings is 2. The second-order valence-corrected chi connectivity index (χ2v) is 4.71. The summed E-state index contributed by atoms with van der Waals surface area (Å²) in [6.07, 6.45) is 0. The van der Waals surface area contributed by atoms with Crippen molar-refractivity contribution in [2.45, 2.75) is 18.8 Å². The lowest BCUT2D eigenvalue weighted by Gasteiger charge is -2.23. The topological polar surface area (TPSA) is 52.0 Å². The van der Waals surface area contributed by atoms with E-state index in [1.54, 1.807) is 0 Å². The summed E-state index contributed by atoms with van der Waals surface area (Å²) in [5.41, 5.74) is 15.0. The smallest absolute Gasteiger partial charge is 0.0314 e. The summed E-state index contributed by atoms with van der Waals surface area (Å²) in [5, 5.41) is 0. The molecular weight excluding hydrogens is 220 g/mol. The molecule has 0 aromatic heterocycles. The highest BCUT2D eigenvalue weighted by molar-refractivity contribution is 5.41. The molecule has 2 rings (SSSR count). The van der Waals surface area contributed by atoms with E-state index >= 15 is 0 Å². The molecule has 0 saturated heterocycles. The van der Waals surface area contributed by atoms with E-state index in [0.29, 0.717) is 18.4 Å². The fourth-order valence-corrected chi connectivity index (χ4v) is 2.36. The van der Waals surface area contributed by atoms with Crippen molar-refractivity contribution in [1.29, 1.82) is 0 Å². The molecule has 0 aliphatic carbocycles. The molecule has 0 bridgehead atoms. The van der Waals surface area contributed by atoms with Crippen molar-refractivity contribution >= 4 is 5.69 Å². The van der Waals surface area contributed by atoms with Crippen LogP contribution in [-0.4, -0.2) is 6.54 Å². The molecular formula is C16H20N2. The summed E-state index contributed by atoms with van der Waals surface area (Å²) in [5.74, 6) is 0.729. The molecule has 0 saturated carbocycles. The van der Waals surface area contributed by atoms with Crippen molar-refractivity contribution < 1.29 is 0 Å². The van der Waals surface area contributed by atoms with E-state index in [4.69, 9.17) is 11.5 Å². The van der Waals surface area contributed by atoms with Gasteiger partial charge >= 0.3 is 0 Å². The second-order valence-electron chi connectivity index (χ2n) is 4.71. The van der Waals surface area contributed by atoms with Gasteiger partial charge in [-0.1, -0.05) is 49.4 Å². The van der Waals surface area contributed by atoms with Crippen LogP contribution in [0.2, 0.25) is 0 Å². The zero-order valence-electron chi connectivity index (χ0n) is 10.7. The minimum Gasteiger partial charge on any atom is -0.399 e. The normalized spacial score (nSPS) is 14.1. The van der Waals surface area contributed by atoms with Gasteiger partial charge in [0.1, 0.15) is 0 Å². The van der Waals surface area contributed by atoms with Gasteiger partial charge < -0.3 is 11.5 Å². The van der Waals surface area contributed by atoms with Gasteiger partial charge in [-0.05, 0) is 35.7 Å². The molecule has 2 atom stereocenters. The molecule has 0 amide bonds. The van der Waals surface area contributed by atoms with Crippen molar-refractivity contribution in [2.24, 2.45) is 5.73 Å². The van der Waals surface area contributed by atoms with Crippen molar-refractivity contribution in [3.63, 3.8) is 0 Å². The Kier molecular flexibility index (Phi) is 4.00. The maximum absolute atomic E-state index is 5.95. The first-order valence-corrected chi connectivity index (χ1v) is 6.33. The van der Waals surface area contributed by atoms with Gasteiger partial charge in [0, 0.05) is 11.6 Å². The largest absolute Gasteiger partial charge is 0.399 e. The lowest BCUT2D eigenvalue weighted by molar-refractivity contribution is 0.585. The van der Waals surface area contributed by atoms with Crippen LogP contribution in [0, 0.1) is 0 Å². The number of hydrogen-bond acceptors (Lipinski definition) is 2. The zero-order valence-corrected chi connectivity index (χ0v) is 10.7. The van der Waals surface area contributed by atoms with Crippen molar-refractivity contribution in [3.05, 3.63) is 65.7 Å². The SMILES string of the molecule is CC(c1ccccc1)C(CN)c1ccc(N)cc1. The maximum atomic E-state index is 5.95. The highest BCUT2D eigenvalue weighted by Gasteiger charge is 2.19. The Morgan fingerprint density at radius 1 is 0.889 bits per heavy atom. The van der Waals surface area contributed by atoms with Crippen LogP contribution in [0.4, 0.5) is 5.69 Å². The van der Waals surface area contributed by atoms with Gasteiger partial charge in [-0.15, -0.1) is 0 Å². The van der Waals surface area contributed by atoms with Crippen LogP contribution in [0.1, 0.15) is 29.9 Å². The first kappa shape index (κ1) is 12.7. The molecule has 2 nitrogen and oxygen atoms in total. The third-order valence-electron chi connectivity index (χ3n) is 3.55. The lowest BCUT2D eigenvalue weighted by Crippen LogP contribution is -2.18. The van der Waals surface area contributed by atoms with Crippen molar-refractivity contribution in [1.82, 2.24) is 0 Å². The Labute approximate surface area is 109 Å². The first-order chi connectivity index (χ1) is 8.72. The quantitative estimate of drug-likeness (QED) is 0.807. The van der Waals surface area contributed by atoms with Crippen LogP contribution < -0.4 is 11.5 Å². The molecule has 0 fully saturated rings. The van der Waals surface area contributed by atoms with Gasteiger partial charge in [0.15, 0.2) is 0 Å². The summed E-state index contributed by atoms with van der Waals surface area (Å²) >= 11 is 0. The van der Waals surface area contributed by atoms with Crippen LogP contribution in [0.5, 0.6) is 0 Å². The van der Waals surface area contributed by atoms with Crippen LogP contribution in [0.25, 0.3) is 0 Å². The highest BCUT2D eigenvalue weighted by atomic mass is 14.6. The Balaban J connectivity index is 2.26. The minimum absolute atomic E-state index is 0.327. The molecule has 2 heteroatoms.